The van der Waals surface area contributed by atoms with Crippen LogP contribution in [-0.2, 0) is 9.47 Å². The fourth-order valence-electron chi connectivity index (χ4n) is 2.56. The lowest BCUT2D eigenvalue weighted by Gasteiger charge is -2.34. The van der Waals surface area contributed by atoms with Crippen molar-refractivity contribution in [1.82, 2.24) is 20.1 Å². The van der Waals surface area contributed by atoms with Crippen LogP contribution >= 0.6 is 11.6 Å². The predicted molar refractivity (Wildman–Crippen MR) is 98.6 cm³/mol. The zero-order valence-electron chi connectivity index (χ0n) is 15.4. The molecule has 2 aromatic rings. The Labute approximate surface area is 162 Å². The number of morpholine rings is 1. The van der Waals surface area contributed by atoms with Crippen molar-refractivity contribution >= 4 is 23.4 Å². The van der Waals surface area contributed by atoms with Gasteiger partial charge in [-0.15, -0.1) is 10.2 Å². The fraction of sp³-hybridized carbons (Fsp3) is 0.529. The lowest BCUT2D eigenvalue weighted by molar-refractivity contribution is -0.0371. The van der Waals surface area contributed by atoms with Crippen molar-refractivity contribution < 1.29 is 18.7 Å². The average molecular weight is 396 g/mol. The molecule has 1 unspecified atom stereocenters. The van der Waals surface area contributed by atoms with E-state index in [1.54, 1.807) is 11.0 Å². The highest BCUT2D eigenvalue weighted by atomic mass is 35.5. The number of hydrogen-bond donors (Lipinski definition) is 1. The average Bonchev–Trinajstić information content (AvgIpc) is 3.13. The van der Waals surface area contributed by atoms with E-state index in [-0.39, 0.29) is 17.4 Å². The van der Waals surface area contributed by atoms with Gasteiger partial charge in [0.05, 0.1) is 31.1 Å². The Balaban J connectivity index is 1.63. The maximum Gasteiger partial charge on any atom is 0.410 e. The highest BCUT2D eigenvalue weighted by Crippen LogP contribution is 2.26. The van der Waals surface area contributed by atoms with E-state index >= 15 is 0 Å². The number of nitrogens with one attached hydrogen (secondary N) is 1. The number of aromatic nitrogens is 3. The Morgan fingerprint density at radius 2 is 2.26 bits per heavy atom. The van der Waals surface area contributed by atoms with Crippen molar-refractivity contribution in [3.05, 3.63) is 23.7 Å². The number of nitrogens with zero attached hydrogens (tertiary/aromatic N) is 4. The van der Waals surface area contributed by atoms with Crippen molar-refractivity contribution in [1.29, 1.82) is 0 Å². The highest BCUT2D eigenvalue weighted by molar-refractivity contribution is 6.29. The molecule has 10 heteroatoms. The van der Waals surface area contributed by atoms with Crippen LogP contribution in [0.1, 0.15) is 20.8 Å². The summed E-state index contributed by atoms with van der Waals surface area (Å²) in [6.07, 6.45) is 2.43. The van der Waals surface area contributed by atoms with E-state index in [4.69, 9.17) is 25.5 Å². The molecule has 1 aliphatic heterocycles. The summed E-state index contributed by atoms with van der Waals surface area (Å²) in [5.41, 5.74) is 0.535. The first-order chi connectivity index (χ1) is 12.8. The molecule has 3 heterocycles. The molecule has 1 saturated heterocycles. The van der Waals surface area contributed by atoms with Crippen LogP contribution in [0.3, 0.4) is 0 Å². The van der Waals surface area contributed by atoms with E-state index in [1.807, 2.05) is 20.8 Å². The summed E-state index contributed by atoms with van der Waals surface area (Å²) in [6, 6.07) is 1.64. The van der Waals surface area contributed by atoms with Crippen LogP contribution < -0.4 is 5.32 Å². The van der Waals surface area contributed by atoms with Crippen molar-refractivity contribution in [3.8, 4) is 11.6 Å². The molecular weight excluding hydrogens is 374 g/mol. The summed E-state index contributed by atoms with van der Waals surface area (Å²) in [7, 11) is 0. The summed E-state index contributed by atoms with van der Waals surface area (Å²) in [5.74, 6) is 0.335. The van der Waals surface area contributed by atoms with Gasteiger partial charge in [0.2, 0.25) is 5.89 Å². The van der Waals surface area contributed by atoms with E-state index < -0.39 is 5.60 Å². The molecule has 2 aromatic heterocycles. The van der Waals surface area contributed by atoms with E-state index in [0.717, 1.165) is 0 Å². The van der Waals surface area contributed by atoms with Gasteiger partial charge >= 0.3 is 6.09 Å². The van der Waals surface area contributed by atoms with Crippen LogP contribution in [0.4, 0.5) is 10.5 Å². The van der Waals surface area contributed by atoms with E-state index in [9.17, 15) is 4.79 Å². The summed E-state index contributed by atoms with van der Waals surface area (Å²) in [4.78, 5) is 18.0. The van der Waals surface area contributed by atoms with Gasteiger partial charge in [-0.05, 0) is 20.8 Å². The van der Waals surface area contributed by atoms with Crippen LogP contribution in [0, 0.1) is 0 Å². The maximum atomic E-state index is 12.3. The first kappa shape index (κ1) is 19.4. The van der Waals surface area contributed by atoms with Crippen LogP contribution in [-0.4, -0.2) is 64.1 Å². The third-order valence-electron chi connectivity index (χ3n) is 3.71. The molecular formula is C17H22ClN5O4. The molecule has 1 aliphatic rings. The minimum Gasteiger partial charge on any atom is -0.444 e. The molecule has 0 bridgehead atoms. The first-order valence-corrected chi connectivity index (χ1v) is 8.96. The van der Waals surface area contributed by atoms with Gasteiger partial charge in [-0.25, -0.2) is 9.78 Å². The minimum absolute atomic E-state index is 0.212. The van der Waals surface area contributed by atoms with Gasteiger partial charge in [0.15, 0.2) is 10.8 Å². The number of hydrogen-bond acceptors (Lipinski definition) is 8. The third kappa shape index (κ3) is 5.30. The normalized spacial score (nSPS) is 17.6. The summed E-state index contributed by atoms with van der Waals surface area (Å²) in [6.45, 7) is 7.32. The van der Waals surface area contributed by atoms with Gasteiger partial charge in [0.25, 0.3) is 0 Å². The van der Waals surface area contributed by atoms with Gasteiger partial charge in [0.1, 0.15) is 11.9 Å². The second-order valence-electron chi connectivity index (χ2n) is 7.07. The van der Waals surface area contributed by atoms with Crippen molar-refractivity contribution in [2.45, 2.75) is 32.5 Å². The lowest BCUT2D eigenvalue weighted by Crippen LogP contribution is -2.49. The highest BCUT2D eigenvalue weighted by Gasteiger charge is 2.28. The molecule has 0 aliphatic carbocycles. The predicted octanol–water partition coefficient (Wildman–Crippen LogP) is 2.83. The van der Waals surface area contributed by atoms with E-state index in [0.29, 0.717) is 43.5 Å². The topological polar surface area (TPSA) is 103 Å². The standard InChI is InChI=1S/C17H22ClN5O4/c1-17(2,3)27-16(24)23-5-7-25-11(10-23)9-20-12-8-13(18)21-22-14(12)15-19-4-6-26-15/h4,6,8,11H,5,7,9-10H2,1-3H3,(H,20,21). The first-order valence-electron chi connectivity index (χ1n) is 8.58. The van der Waals surface area contributed by atoms with E-state index in [2.05, 4.69) is 20.5 Å². The summed E-state index contributed by atoms with van der Waals surface area (Å²) < 4.78 is 16.5. The molecule has 27 heavy (non-hydrogen) atoms. The Morgan fingerprint density at radius 3 is 2.96 bits per heavy atom. The fourth-order valence-corrected chi connectivity index (χ4v) is 2.71. The molecule has 1 fully saturated rings. The van der Waals surface area contributed by atoms with Gasteiger partial charge in [0, 0.05) is 19.2 Å². The molecule has 146 valence electrons. The molecule has 1 atom stereocenters. The molecule has 1 amide bonds. The van der Waals surface area contributed by atoms with Crippen molar-refractivity contribution in [2.75, 3.05) is 31.6 Å². The number of carbonyl (C=O) groups is 1. The quantitative estimate of drug-likeness (QED) is 0.842. The second kappa shape index (κ2) is 8.10. The number of halogens is 1. The van der Waals surface area contributed by atoms with Crippen LogP contribution in [0.15, 0.2) is 22.9 Å². The largest absolute Gasteiger partial charge is 0.444 e. The van der Waals surface area contributed by atoms with Gasteiger partial charge in [-0.2, -0.15) is 0 Å². The lowest BCUT2D eigenvalue weighted by atomic mass is 10.2. The monoisotopic (exact) mass is 395 g/mol. The minimum atomic E-state index is -0.534. The third-order valence-corrected chi connectivity index (χ3v) is 3.89. The second-order valence-corrected chi connectivity index (χ2v) is 7.45. The molecule has 1 N–H and O–H groups in total. The number of ether oxygens (including phenoxy) is 2. The van der Waals surface area contributed by atoms with Crippen LogP contribution in [0.2, 0.25) is 5.15 Å². The number of carbonyl (C=O) groups excluding carboxylic acids is 1. The molecule has 0 radical (unpaired) electrons. The van der Waals surface area contributed by atoms with Crippen LogP contribution in [0.5, 0.6) is 0 Å². The Kier molecular flexibility index (Phi) is 5.81. The number of rotatable bonds is 4. The smallest absolute Gasteiger partial charge is 0.410 e. The van der Waals surface area contributed by atoms with Gasteiger partial charge in [-0.1, -0.05) is 11.6 Å². The zero-order valence-corrected chi connectivity index (χ0v) is 16.2. The molecule has 0 aromatic carbocycles. The molecule has 9 nitrogen and oxygen atoms in total. The number of anilines is 1. The Bertz CT molecular complexity index is 778. The molecule has 0 saturated carbocycles. The van der Waals surface area contributed by atoms with Gasteiger partial charge in [-0.3, -0.25) is 0 Å². The number of amides is 1. The van der Waals surface area contributed by atoms with Crippen LogP contribution in [0.25, 0.3) is 11.6 Å². The number of oxazole rings is 1. The van der Waals surface area contributed by atoms with Crippen molar-refractivity contribution in [3.63, 3.8) is 0 Å². The zero-order chi connectivity index (χ0) is 19.4. The summed E-state index contributed by atoms with van der Waals surface area (Å²) in [5, 5.41) is 11.3. The Hall–Kier alpha value is -2.39. The molecule has 0 spiro atoms. The summed E-state index contributed by atoms with van der Waals surface area (Å²) >= 11 is 5.96. The SMILES string of the molecule is CC(C)(C)OC(=O)N1CCOC(CNc2cc(Cl)nnc2-c2ncco2)C1. The van der Waals surface area contributed by atoms with E-state index in [1.165, 1.54) is 12.5 Å². The molecule has 3 rings (SSSR count). The maximum absolute atomic E-state index is 12.3. The van der Waals surface area contributed by atoms with Gasteiger partial charge < -0.3 is 24.1 Å². The Morgan fingerprint density at radius 1 is 1.44 bits per heavy atom. The van der Waals surface area contributed by atoms with Crippen molar-refractivity contribution in [2.24, 2.45) is 0 Å².